The Balaban J connectivity index is 1.22. The number of nitrogens with zero attached hydrogens (tertiary/aromatic N) is 6. The number of aromatic nitrogens is 4. The first-order valence-corrected chi connectivity index (χ1v) is 19.5. The molecule has 2 aliphatic heterocycles. The largest absolute Gasteiger partial charge is 0.494 e. The highest BCUT2D eigenvalue weighted by Gasteiger charge is 2.27. The van der Waals surface area contributed by atoms with Crippen molar-refractivity contribution >= 4 is 57.2 Å². The van der Waals surface area contributed by atoms with E-state index in [0.717, 1.165) is 92.2 Å². The van der Waals surface area contributed by atoms with Crippen LogP contribution in [0.1, 0.15) is 25.3 Å². The van der Waals surface area contributed by atoms with Crippen molar-refractivity contribution in [3.8, 4) is 16.9 Å². The summed E-state index contributed by atoms with van der Waals surface area (Å²) >= 11 is 3.60. The fourth-order valence-corrected chi connectivity index (χ4v) is 7.92. The van der Waals surface area contributed by atoms with Crippen LogP contribution in [0, 0.1) is 0 Å². The van der Waals surface area contributed by atoms with E-state index in [9.17, 15) is 4.57 Å². The van der Waals surface area contributed by atoms with Crippen LogP contribution in [0.5, 0.6) is 5.75 Å². The molecule has 2 aromatic heterocycles. The molecule has 0 bridgehead atoms. The van der Waals surface area contributed by atoms with E-state index in [4.69, 9.17) is 14.5 Å². The highest BCUT2D eigenvalue weighted by Crippen LogP contribution is 2.41. The van der Waals surface area contributed by atoms with Gasteiger partial charge in [0.25, 0.3) is 0 Å². The summed E-state index contributed by atoms with van der Waals surface area (Å²) in [5.41, 5.74) is 5.91. The highest BCUT2D eigenvalue weighted by molar-refractivity contribution is 9.10. The van der Waals surface area contributed by atoms with Gasteiger partial charge in [-0.25, -0.2) is 4.98 Å². The summed E-state index contributed by atoms with van der Waals surface area (Å²) in [5.74, 6) is 1.71. The van der Waals surface area contributed by atoms with E-state index < -0.39 is 7.14 Å². The Kier molecular flexibility index (Phi) is 10.2. The number of hydrogen-bond donors (Lipinski definition) is 2. The van der Waals surface area contributed by atoms with Crippen molar-refractivity contribution in [3.63, 3.8) is 0 Å². The number of rotatable bonds is 10. The van der Waals surface area contributed by atoms with Crippen LogP contribution in [0.25, 0.3) is 11.1 Å². The second kappa shape index (κ2) is 14.4. The van der Waals surface area contributed by atoms with Crippen molar-refractivity contribution < 1.29 is 14.0 Å². The molecule has 2 saturated heterocycles. The lowest BCUT2D eigenvalue weighted by atomic mass is 10.00. The van der Waals surface area contributed by atoms with Crippen LogP contribution >= 0.6 is 23.1 Å². The topological polar surface area (TPSA) is 110 Å². The zero-order chi connectivity index (χ0) is 33.1. The third-order valence-electron chi connectivity index (χ3n) is 9.01. The Hall–Kier alpha value is -3.44. The highest BCUT2D eigenvalue weighted by atomic mass is 79.9. The number of anilines is 5. The minimum atomic E-state index is -2.65. The molecule has 2 aliphatic rings. The standard InChI is InChI=1S/C34H44BrN8O3P/c1-6-23-17-29(31(45-3)19-30(23)43-11-9-26(10-12-43)42-13-15-46-16-14-42)39-34-36-21-27(35)33(40-34)38-28-8-7-24(18-32(28)47(4,5)44)25-20-37-41(2)22-25/h7-8,17-22,26H,6,9-16H2,1-5H3,(H2,36,38,39,40). The molecule has 47 heavy (non-hydrogen) atoms. The maximum absolute atomic E-state index is 13.4. The van der Waals surface area contributed by atoms with Crippen molar-refractivity contribution in [1.29, 1.82) is 0 Å². The summed E-state index contributed by atoms with van der Waals surface area (Å²) < 4.78 is 27.3. The van der Waals surface area contributed by atoms with Gasteiger partial charge in [-0.2, -0.15) is 10.1 Å². The lowest BCUT2D eigenvalue weighted by molar-refractivity contribution is 0.0115. The summed E-state index contributed by atoms with van der Waals surface area (Å²) in [6.07, 6.45) is 8.64. The predicted octanol–water partition coefficient (Wildman–Crippen LogP) is 6.25. The van der Waals surface area contributed by atoms with Crippen LogP contribution in [0.2, 0.25) is 0 Å². The molecule has 13 heteroatoms. The van der Waals surface area contributed by atoms with E-state index >= 15 is 0 Å². The number of ether oxygens (including phenoxy) is 2. The second-order valence-corrected chi connectivity index (χ2v) is 16.6. The minimum Gasteiger partial charge on any atom is -0.494 e. The van der Waals surface area contributed by atoms with E-state index in [1.165, 1.54) is 11.3 Å². The Bertz CT molecular complexity index is 1760. The third-order valence-corrected chi connectivity index (χ3v) is 11.1. The summed E-state index contributed by atoms with van der Waals surface area (Å²) in [7, 11) is 0.922. The Morgan fingerprint density at radius 1 is 1.02 bits per heavy atom. The Labute approximate surface area is 285 Å². The average molecular weight is 724 g/mol. The molecule has 6 rings (SSSR count). The van der Waals surface area contributed by atoms with Crippen LogP contribution in [-0.4, -0.2) is 90.5 Å². The maximum Gasteiger partial charge on any atom is 0.229 e. The number of halogens is 1. The van der Waals surface area contributed by atoms with Crippen LogP contribution < -0.4 is 25.6 Å². The molecule has 4 heterocycles. The smallest absolute Gasteiger partial charge is 0.229 e. The number of morpholine rings is 1. The van der Waals surface area contributed by atoms with Crippen LogP contribution in [0.4, 0.5) is 28.8 Å². The van der Waals surface area contributed by atoms with Gasteiger partial charge in [0, 0.05) is 74.3 Å². The van der Waals surface area contributed by atoms with Gasteiger partial charge in [-0.15, -0.1) is 0 Å². The lowest BCUT2D eigenvalue weighted by Crippen LogP contribution is -2.49. The van der Waals surface area contributed by atoms with Crippen molar-refractivity contribution in [2.75, 3.05) is 75.4 Å². The molecule has 4 aromatic rings. The first kappa shape index (κ1) is 33.5. The van der Waals surface area contributed by atoms with Gasteiger partial charge < -0.3 is 29.6 Å². The number of benzene rings is 2. The molecule has 2 fully saturated rings. The van der Waals surface area contributed by atoms with Gasteiger partial charge in [0.1, 0.15) is 18.7 Å². The average Bonchev–Trinajstić information content (AvgIpc) is 3.52. The second-order valence-electron chi connectivity index (χ2n) is 12.5. The summed E-state index contributed by atoms with van der Waals surface area (Å²) in [4.78, 5) is 14.4. The van der Waals surface area contributed by atoms with Crippen LogP contribution in [0.3, 0.4) is 0 Å². The first-order chi connectivity index (χ1) is 22.6. The van der Waals surface area contributed by atoms with E-state index in [2.05, 4.69) is 65.5 Å². The Morgan fingerprint density at radius 3 is 2.45 bits per heavy atom. The molecule has 0 aliphatic carbocycles. The van der Waals surface area contributed by atoms with Crippen LogP contribution in [-0.2, 0) is 22.8 Å². The monoisotopic (exact) mass is 722 g/mol. The molecular formula is C34H44BrN8O3P. The lowest BCUT2D eigenvalue weighted by Gasteiger charge is -2.41. The van der Waals surface area contributed by atoms with Gasteiger partial charge in [-0.1, -0.05) is 13.0 Å². The number of piperidine rings is 1. The number of aryl methyl sites for hydroxylation is 2. The summed E-state index contributed by atoms with van der Waals surface area (Å²) in [6, 6.07) is 10.8. The molecule has 11 nitrogen and oxygen atoms in total. The van der Waals surface area contributed by atoms with Gasteiger partial charge in [-0.3, -0.25) is 9.58 Å². The zero-order valence-corrected chi connectivity index (χ0v) is 30.3. The van der Waals surface area contributed by atoms with Gasteiger partial charge in [-0.05, 0) is 77.8 Å². The van der Waals surface area contributed by atoms with E-state index in [1.807, 2.05) is 31.4 Å². The quantitative estimate of drug-likeness (QED) is 0.183. The molecule has 2 aromatic carbocycles. The summed E-state index contributed by atoms with van der Waals surface area (Å²) in [6.45, 7) is 11.5. The van der Waals surface area contributed by atoms with E-state index in [-0.39, 0.29) is 0 Å². The molecular weight excluding hydrogens is 679 g/mol. The van der Waals surface area contributed by atoms with Gasteiger partial charge in [0.2, 0.25) is 5.95 Å². The van der Waals surface area contributed by atoms with Crippen LogP contribution in [0.15, 0.2) is 53.4 Å². The molecule has 2 N–H and O–H groups in total. The number of hydrogen-bond acceptors (Lipinski definition) is 10. The Morgan fingerprint density at radius 2 is 1.79 bits per heavy atom. The number of methoxy groups -OCH3 is 1. The molecule has 0 spiro atoms. The number of nitrogens with one attached hydrogen (secondary N) is 2. The van der Waals surface area contributed by atoms with Crippen molar-refractivity contribution in [2.24, 2.45) is 7.05 Å². The van der Waals surface area contributed by atoms with Gasteiger partial charge in [0.15, 0.2) is 0 Å². The van der Waals surface area contributed by atoms with Crippen molar-refractivity contribution in [3.05, 3.63) is 59.0 Å². The van der Waals surface area contributed by atoms with E-state index in [1.54, 1.807) is 37.5 Å². The molecule has 0 unspecified atom stereocenters. The SMILES string of the molecule is CCc1cc(Nc2ncc(Br)c(Nc3ccc(-c4cnn(C)c4)cc3P(C)(C)=O)n2)c(OC)cc1N1CCC(N2CCOCC2)CC1. The molecule has 250 valence electrons. The predicted molar refractivity (Wildman–Crippen MR) is 194 cm³/mol. The molecule has 0 amide bonds. The fraction of sp³-hybridized carbons (Fsp3) is 0.441. The molecule has 0 radical (unpaired) electrons. The zero-order valence-electron chi connectivity index (χ0n) is 27.8. The van der Waals surface area contributed by atoms with Crippen molar-refractivity contribution in [2.45, 2.75) is 32.2 Å². The van der Waals surface area contributed by atoms with Crippen molar-refractivity contribution in [1.82, 2.24) is 24.6 Å². The minimum absolute atomic E-state index is 0.417. The fourth-order valence-electron chi connectivity index (χ4n) is 6.47. The van der Waals surface area contributed by atoms with Gasteiger partial charge in [0.05, 0.1) is 42.4 Å². The summed E-state index contributed by atoms with van der Waals surface area (Å²) in [5, 5.41) is 11.8. The van der Waals surface area contributed by atoms with Gasteiger partial charge >= 0.3 is 0 Å². The molecule has 0 saturated carbocycles. The van der Waals surface area contributed by atoms with E-state index in [0.29, 0.717) is 22.3 Å². The molecule has 0 atom stereocenters. The third kappa shape index (κ3) is 7.67. The first-order valence-electron chi connectivity index (χ1n) is 16.2. The maximum atomic E-state index is 13.4. The normalized spacial score (nSPS) is 16.3.